The largest absolute Gasteiger partial charge is 0.493 e. The lowest BCUT2D eigenvalue weighted by molar-refractivity contribution is -0.143. The quantitative estimate of drug-likeness (QED) is 0.491. The number of benzene rings is 2. The summed E-state index contributed by atoms with van der Waals surface area (Å²) >= 11 is 6.16. The molecule has 2 N–H and O–H groups in total. The van der Waals surface area contributed by atoms with Gasteiger partial charge in [0.15, 0.2) is 11.5 Å². The molecule has 2 aromatic rings. The zero-order valence-corrected chi connectivity index (χ0v) is 20.5. The molecule has 0 bridgehead atoms. The number of allylic oxidation sites excluding steroid dienone is 1. The van der Waals surface area contributed by atoms with Crippen molar-refractivity contribution in [1.29, 1.82) is 0 Å². The zero-order chi connectivity index (χ0) is 25.0. The van der Waals surface area contributed by atoms with Gasteiger partial charge >= 0.3 is 12.0 Å². The normalized spacial score (nSPS) is 15.8. The SMILES string of the molecule is COc1cccc(C2NC(=O)NC(C(C)C)=C2C(=O)OC(C)C)c1OCc1c(F)cccc1Cl. The van der Waals surface area contributed by atoms with E-state index in [4.69, 9.17) is 25.8 Å². The number of hydrogen-bond acceptors (Lipinski definition) is 5. The Bertz CT molecular complexity index is 1100. The third-order valence-electron chi connectivity index (χ3n) is 5.21. The summed E-state index contributed by atoms with van der Waals surface area (Å²) in [6, 6.07) is 8.09. The van der Waals surface area contributed by atoms with E-state index in [1.54, 1.807) is 38.1 Å². The van der Waals surface area contributed by atoms with Crippen LogP contribution in [-0.4, -0.2) is 25.2 Å². The summed E-state index contributed by atoms with van der Waals surface area (Å²) in [5.74, 6) is -0.658. The maximum atomic E-state index is 14.3. The lowest BCUT2D eigenvalue weighted by Crippen LogP contribution is -2.47. The maximum Gasteiger partial charge on any atom is 0.338 e. The first-order valence-corrected chi connectivity index (χ1v) is 11.3. The van der Waals surface area contributed by atoms with Crippen molar-refractivity contribution in [3.63, 3.8) is 0 Å². The molecule has 182 valence electrons. The molecule has 0 saturated heterocycles. The van der Waals surface area contributed by atoms with Gasteiger partial charge in [-0.2, -0.15) is 0 Å². The molecular weight excluding hydrogens is 463 g/mol. The van der Waals surface area contributed by atoms with E-state index in [1.165, 1.54) is 19.2 Å². The molecule has 9 heteroatoms. The number of nitrogens with one attached hydrogen (secondary N) is 2. The minimum absolute atomic E-state index is 0.171. The number of esters is 1. The molecule has 34 heavy (non-hydrogen) atoms. The summed E-state index contributed by atoms with van der Waals surface area (Å²) < 4.78 is 31.3. The highest BCUT2D eigenvalue weighted by molar-refractivity contribution is 6.31. The number of ether oxygens (including phenoxy) is 3. The summed E-state index contributed by atoms with van der Waals surface area (Å²) in [7, 11) is 1.46. The number of urea groups is 1. The van der Waals surface area contributed by atoms with Crippen LogP contribution in [0.15, 0.2) is 47.7 Å². The third-order valence-corrected chi connectivity index (χ3v) is 5.56. The van der Waals surface area contributed by atoms with Gasteiger partial charge in [0.1, 0.15) is 12.4 Å². The smallest absolute Gasteiger partial charge is 0.338 e. The number of para-hydroxylation sites is 1. The van der Waals surface area contributed by atoms with Gasteiger partial charge in [0.2, 0.25) is 0 Å². The van der Waals surface area contributed by atoms with Crippen LogP contribution in [0.5, 0.6) is 11.5 Å². The second-order valence-electron chi connectivity index (χ2n) is 8.34. The van der Waals surface area contributed by atoms with Gasteiger partial charge in [-0.05, 0) is 38.0 Å². The van der Waals surface area contributed by atoms with Gasteiger partial charge in [-0.3, -0.25) is 0 Å². The molecule has 3 rings (SSSR count). The fraction of sp³-hybridized carbons (Fsp3) is 0.360. The first-order valence-electron chi connectivity index (χ1n) is 10.9. The molecule has 1 aliphatic heterocycles. The number of hydrogen-bond donors (Lipinski definition) is 2. The molecule has 0 radical (unpaired) electrons. The van der Waals surface area contributed by atoms with Crippen molar-refractivity contribution < 1.29 is 28.2 Å². The molecule has 1 aliphatic rings. The predicted molar refractivity (Wildman–Crippen MR) is 126 cm³/mol. The van der Waals surface area contributed by atoms with Crippen LogP contribution < -0.4 is 20.1 Å². The second kappa shape index (κ2) is 10.8. The Hall–Kier alpha value is -3.26. The van der Waals surface area contributed by atoms with Gasteiger partial charge in [-0.1, -0.05) is 43.6 Å². The summed E-state index contributed by atoms with van der Waals surface area (Å²) in [6.45, 7) is 7.03. The molecule has 0 aromatic heterocycles. The Morgan fingerprint density at radius 3 is 2.47 bits per heavy atom. The number of carbonyl (C=O) groups is 2. The first kappa shape index (κ1) is 25.4. The highest BCUT2D eigenvalue weighted by Crippen LogP contribution is 2.41. The van der Waals surface area contributed by atoms with E-state index in [-0.39, 0.29) is 40.5 Å². The van der Waals surface area contributed by atoms with Gasteiger partial charge in [0.05, 0.1) is 29.9 Å². The lowest BCUT2D eigenvalue weighted by Gasteiger charge is -2.32. The Labute approximate surface area is 203 Å². The van der Waals surface area contributed by atoms with Gasteiger partial charge in [-0.25, -0.2) is 14.0 Å². The summed E-state index contributed by atoms with van der Waals surface area (Å²) in [5, 5.41) is 5.74. The molecule has 0 fully saturated rings. The lowest BCUT2D eigenvalue weighted by atomic mass is 9.90. The average molecular weight is 491 g/mol. The fourth-order valence-corrected chi connectivity index (χ4v) is 3.89. The average Bonchev–Trinajstić information content (AvgIpc) is 2.77. The van der Waals surface area contributed by atoms with E-state index in [1.807, 2.05) is 13.8 Å². The minimum atomic E-state index is -0.890. The highest BCUT2D eigenvalue weighted by atomic mass is 35.5. The van der Waals surface area contributed by atoms with Crippen LogP contribution in [0.4, 0.5) is 9.18 Å². The first-order chi connectivity index (χ1) is 16.1. The highest BCUT2D eigenvalue weighted by Gasteiger charge is 2.37. The van der Waals surface area contributed by atoms with Crippen molar-refractivity contribution >= 4 is 23.6 Å². The van der Waals surface area contributed by atoms with Gasteiger partial charge in [-0.15, -0.1) is 0 Å². The van der Waals surface area contributed by atoms with Crippen molar-refractivity contribution in [1.82, 2.24) is 10.6 Å². The van der Waals surface area contributed by atoms with Crippen molar-refractivity contribution in [2.75, 3.05) is 7.11 Å². The predicted octanol–water partition coefficient (Wildman–Crippen LogP) is 5.28. The van der Waals surface area contributed by atoms with E-state index in [0.29, 0.717) is 17.0 Å². The van der Waals surface area contributed by atoms with E-state index >= 15 is 0 Å². The Morgan fingerprint density at radius 2 is 1.85 bits per heavy atom. The van der Waals surface area contributed by atoms with Crippen molar-refractivity contribution in [2.24, 2.45) is 5.92 Å². The molecule has 0 saturated carbocycles. The number of rotatable bonds is 8. The van der Waals surface area contributed by atoms with Gasteiger partial charge < -0.3 is 24.8 Å². The molecule has 7 nitrogen and oxygen atoms in total. The number of halogens is 2. The summed E-state index contributed by atoms with van der Waals surface area (Å²) in [6.07, 6.45) is -0.365. The molecule has 1 atom stereocenters. The zero-order valence-electron chi connectivity index (χ0n) is 19.7. The molecule has 0 aliphatic carbocycles. The number of methoxy groups -OCH3 is 1. The Balaban J connectivity index is 2.12. The molecule has 2 amide bonds. The number of amides is 2. The Morgan fingerprint density at radius 1 is 1.15 bits per heavy atom. The second-order valence-corrected chi connectivity index (χ2v) is 8.74. The number of carbonyl (C=O) groups excluding carboxylic acids is 2. The minimum Gasteiger partial charge on any atom is -0.493 e. The van der Waals surface area contributed by atoms with Crippen molar-refractivity contribution in [3.8, 4) is 11.5 Å². The van der Waals surface area contributed by atoms with Crippen LogP contribution in [0.25, 0.3) is 0 Å². The van der Waals surface area contributed by atoms with Gasteiger partial charge in [0, 0.05) is 16.8 Å². The standard InChI is InChI=1S/C25H28ClFN2O5/c1-13(2)21-20(24(30)34-14(3)4)22(29-25(31)28-21)15-8-6-11-19(32-5)23(15)33-12-16-17(26)9-7-10-18(16)27/h6-11,13-14,22H,12H2,1-5H3,(H2,28,29,31). The molecule has 0 spiro atoms. The topological polar surface area (TPSA) is 85.9 Å². The van der Waals surface area contributed by atoms with Crippen LogP contribution in [0.1, 0.15) is 44.9 Å². The van der Waals surface area contributed by atoms with Crippen LogP contribution in [-0.2, 0) is 16.1 Å². The van der Waals surface area contributed by atoms with Crippen LogP contribution in [0.2, 0.25) is 5.02 Å². The molecule has 1 heterocycles. The van der Waals surface area contributed by atoms with Gasteiger partial charge in [0.25, 0.3) is 0 Å². The van der Waals surface area contributed by atoms with Crippen LogP contribution in [0, 0.1) is 11.7 Å². The molecule has 1 unspecified atom stereocenters. The maximum absolute atomic E-state index is 14.3. The van der Waals surface area contributed by atoms with Crippen molar-refractivity contribution in [2.45, 2.75) is 46.4 Å². The fourth-order valence-electron chi connectivity index (χ4n) is 3.67. The van der Waals surface area contributed by atoms with Crippen LogP contribution >= 0.6 is 11.6 Å². The van der Waals surface area contributed by atoms with Crippen LogP contribution in [0.3, 0.4) is 0 Å². The van der Waals surface area contributed by atoms with Crippen molar-refractivity contribution in [3.05, 3.63) is 69.6 Å². The van der Waals surface area contributed by atoms with E-state index in [9.17, 15) is 14.0 Å². The van der Waals surface area contributed by atoms with E-state index < -0.39 is 23.9 Å². The van der Waals surface area contributed by atoms with E-state index in [2.05, 4.69) is 10.6 Å². The summed E-state index contributed by atoms with van der Waals surface area (Å²) in [5.41, 5.74) is 1.33. The van der Waals surface area contributed by atoms with E-state index in [0.717, 1.165) is 0 Å². The molecular formula is C25H28ClFN2O5. The molecule has 2 aromatic carbocycles. The monoisotopic (exact) mass is 490 g/mol. The Kier molecular flexibility index (Phi) is 8.04. The summed E-state index contributed by atoms with van der Waals surface area (Å²) in [4.78, 5) is 25.7. The third kappa shape index (κ3) is 5.44.